The van der Waals surface area contributed by atoms with Gasteiger partial charge in [-0.3, -0.25) is 4.79 Å². The van der Waals surface area contributed by atoms with Crippen molar-refractivity contribution in [1.29, 1.82) is 0 Å². The molecule has 0 unspecified atom stereocenters. The van der Waals surface area contributed by atoms with E-state index in [1.807, 2.05) is 0 Å². The molecule has 1 aromatic carbocycles. The smallest absolute Gasteiger partial charge is 0.265 e. The van der Waals surface area contributed by atoms with Crippen LogP contribution in [0.2, 0.25) is 0 Å². The first kappa shape index (κ1) is 12.4. The summed E-state index contributed by atoms with van der Waals surface area (Å²) in [6.45, 7) is 3.89. The number of nitrogens with zero attached hydrogens (tertiary/aromatic N) is 2. The molecule has 0 aliphatic heterocycles. The molecule has 1 amide bonds. The summed E-state index contributed by atoms with van der Waals surface area (Å²) in [5, 5.41) is 6.56. The lowest BCUT2D eigenvalue weighted by atomic mass is 10.1. The number of rotatable bonds is 4. The molecule has 0 bridgehead atoms. The number of carbonyl (C=O) groups excluding carboxylic acids is 1. The van der Waals surface area contributed by atoms with Gasteiger partial charge in [0.2, 0.25) is 0 Å². The quantitative estimate of drug-likeness (QED) is 0.861. The molecule has 0 aliphatic rings. The summed E-state index contributed by atoms with van der Waals surface area (Å²) < 4.78 is 16.6. The fraction of sp³-hybridized carbons (Fsp3) is 0.0833. The first-order valence-electron chi connectivity index (χ1n) is 5.19. The topological polar surface area (TPSA) is 54.9 Å². The summed E-state index contributed by atoms with van der Waals surface area (Å²) >= 11 is 1.01. The van der Waals surface area contributed by atoms with E-state index in [-0.39, 0.29) is 11.7 Å². The van der Waals surface area contributed by atoms with Crippen LogP contribution < -0.4 is 5.32 Å². The molecule has 1 N–H and O–H groups in total. The van der Waals surface area contributed by atoms with Crippen molar-refractivity contribution in [3.8, 4) is 11.3 Å². The van der Waals surface area contributed by atoms with E-state index < -0.39 is 0 Å². The van der Waals surface area contributed by atoms with Gasteiger partial charge in [-0.2, -0.15) is 0 Å². The number of benzene rings is 1. The monoisotopic (exact) mass is 263 g/mol. The highest BCUT2D eigenvalue weighted by Gasteiger charge is 2.17. The van der Waals surface area contributed by atoms with E-state index in [0.717, 1.165) is 11.5 Å². The Morgan fingerprint density at radius 2 is 2.17 bits per heavy atom. The van der Waals surface area contributed by atoms with E-state index in [9.17, 15) is 9.18 Å². The fourth-order valence-electron chi connectivity index (χ4n) is 1.38. The summed E-state index contributed by atoms with van der Waals surface area (Å²) in [7, 11) is 0. The number of hydrogen-bond acceptors (Lipinski definition) is 4. The number of amides is 1. The van der Waals surface area contributed by atoms with Crippen molar-refractivity contribution in [2.75, 3.05) is 6.54 Å². The van der Waals surface area contributed by atoms with Crippen LogP contribution in [0.3, 0.4) is 0 Å². The minimum atomic E-state index is -0.334. The van der Waals surface area contributed by atoms with Gasteiger partial charge < -0.3 is 5.32 Å². The lowest BCUT2D eigenvalue weighted by Crippen LogP contribution is -2.22. The SMILES string of the molecule is C=CCNC(=O)c1snnc1-c1ccc(F)cc1. The van der Waals surface area contributed by atoms with Crippen LogP contribution in [-0.4, -0.2) is 22.0 Å². The van der Waals surface area contributed by atoms with Gasteiger partial charge in [0.1, 0.15) is 16.4 Å². The van der Waals surface area contributed by atoms with E-state index >= 15 is 0 Å². The van der Waals surface area contributed by atoms with Gasteiger partial charge in [-0.05, 0) is 35.8 Å². The summed E-state index contributed by atoms with van der Waals surface area (Å²) in [6, 6.07) is 5.77. The number of carbonyl (C=O) groups is 1. The summed E-state index contributed by atoms with van der Waals surface area (Å²) in [5.74, 6) is -0.594. The highest BCUT2D eigenvalue weighted by Crippen LogP contribution is 2.23. The fourth-order valence-corrected chi connectivity index (χ4v) is 1.99. The van der Waals surface area contributed by atoms with Crippen molar-refractivity contribution in [2.45, 2.75) is 0 Å². The number of halogens is 1. The van der Waals surface area contributed by atoms with Crippen molar-refractivity contribution < 1.29 is 9.18 Å². The van der Waals surface area contributed by atoms with Crippen LogP contribution in [0, 0.1) is 5.82 Å². The Kier molecular flexibility index (Phi) is 3.78. The number of hydrogen-bond donors (Lipinski definition) is 1. The zero-order valence-corrected chi connectivity index (χ0v) is 10.2. The molecule has 2 aromatic rings. The average Bonchev–Trinajstić information content (AvgIpc) is 2.86. The molecule has 0 fully saturated rings. The lowest BCUT2D eigenvalue weighted by molar-refractivity contribution is 0.0962. The van der Waals surface area contributed by atoms with Crippen LogP contribution >= 0.6 is 11.5 Å². The Morgan fingerprint density at radius 1 is 1.44 bits per heavy atom. The van der Waals surface area contributed by atoms with E-state index in [1.54, 1.807) is 18.2 Å². The van der Waals surface area contributed by atoms with E-state index in [1.165, 1.54) is 12.1 Å². The zero-order valence-electron chi connectivity index (χ0n) is 9.39. The summed E-state index contributed by atoms with van der Waals surface area (Å²) in [4.78, 5) is 12.2. The molecule has 1 heterocycles. The molecule has 18 heavy (non-hydrogen) atoms. The second-order valence-corrected chi connectivity index (χ2v) is 4.21. The lowest BCUT2D eigenvalue weighted by Gasteiger charge is -2.01. The molecule has 1 aromatic heterocycles. The molecule has 92 valence electrons. The van der Waals surface area contributed by atoms with Crippen LogP contribution in [0.5, 0.6) is 0 Å². The van der Waals surface area contributed by atoms with Gasteiger partial charge in [0.15, 0.2) is 0 Å². The summed E-state index contributed by atoms with van der Waals surface area (Å²) in [5.41, 5.74) is 1.12. The third-order valence-corrected chi connectivity index (χ3v) is 2.94. The van der Waals surface area contributed by atoms with Gasteiger partial charge in [0.05, 0.1) is 0 Å². The molecular formula is C12H10FN3OS. The molecule has 2 rings (SSSR count). The highest BCUT2D eigenvalue weighted by atomic mass is 32.1. The predicted octanol–water partition coefficient (Wildman–Crippen LogP) is 2.26. The second kappa shape index (κ2) is 5.50. The largest absolute Gasteiger partial charge is 0.348 e. The predicted molar refractivity (Wildman–Crippen MR) is 67.8 cm³/mol. The van der Waals surface area contributed by atoms with Gasteiger partial charge in [-0.1, -0.05) is 10.6 Å². The maximum absolute atomic E-state index is 12.8. The van der Waals surface area contributed by atoms with Crippen LogP contribution in [-0.2, 0) is 0 Å². The Morgan fingerprint density at radius 3 is 2.83 bits per heavy atom. The van der Waals surface area contributed by atoms with Crippen LogP contribution in [0.4, 0.5) is 4.39 Å². The van der Waals surface area contributed by atoms with Crippen molar-refractivity contribution in [2.24, 2.45) is 0 Å². The third kappa shape index (κ3) is 2.60. The van der Waals surface area contributed by atoms with E-state index in [0.29, 0.717) is 22.7 Å². The summed E-state index contributed by atoms with van der Waals surface area (Å²) in [6.07, 6.45) is 1.59. The standard InChI is InChI=1S/C12H10FN3OS/c1-2-7-14-12(17)11-10(15-16-18-11)8-3-5-9(13)6-4-8/h2-6H,1,7H2,(H,14,17). The van der Waals surface area contributed by atoms with Crippen LogP contribution in [0.15, 0.2) is 36.9 Å². The Hall–Kier alpha value is -2.08. The molecule has 0 spiro atoms. The van der Waals surface area contributed by atoms with Crippen LogP contribution in [0.1, 0.15) is 9.67 Å². The second-order valence-electron chi connectivity index (χ2n) is 3.46. The molecule has 0 aliphatic carbocycles. The third-order valence-electron chi connectivity index (χ3n) is 2.22. The molecule has 4 nitrogen and oxygen atoms in total. The van der Waals surface area contributed by atoms with Gasteiger partial charge >= 0.3 is 0 Å². The highest BCUT2D eigenvalue weighted by molar-refractivity contribution is 7.08. The molecule has 6 heteroatoms. The molecular weight excluding hydrogens is 253 g/mol. The maximum Gasteiger partial charge on any atom is 0.265 e. The zero-order chi connectivity index (χ0) is 13.0. The van der Waals surface area contributed by atoms with Crippen LogP contribution in [0.25, 0.3) is 11.3 Å². The van der Waals surface area contributed by atoms with Gasteiger partial charge in [0, 0.05) is 12.1 Å². The first-order valence-corrected chi connectivity index (χ1v) is 5.97. The van der Waals surface area contributed by atoms with E-state index in [2.05, 4.69) is 21.5 Å². The Bertz CT molecular complexity index is 565. The minimum Gasteiger partial charge on any atom is -0.348 e. The first-order chi connectivity index (χ1) is 8.72. The van der Waals surface area contributed by atoms with Gasteiger partial charge in [-0.15, -0.1) is 11.7 Å². The molecule has 0 radical (unpaired) electrons. The van der Waals surface area contributed by atoms with Crippen molar-refractivity contribution in [3.63, 3.8) is 0 Å². The normalized spacial score (nSPS) is 10.1. The molecule has 0 saturated carbocycles. The maximum atomic E-state index is 12.8. The van der Waals surface area contributed by atoms with E-state index in [4.69, 9.17) is 0 Å². The number of nitrogens with one attached hydrogen (secondary N) is 1. The Labute approximate surface area is 107 Å². The van der Waals surface area contributed by atoms with Gasteiger partial charge in [-0.25, -0.2) is 4.39 Å². The molecule has 0 saturated heterocycles. The van der Waals surface area contributed by atoms with Crippen molar-refractivity contribution in [3.05, 3.63) is 47.6 Å². The number of aromatic nitrogens is 2. The van der Waals surface area contributed by atoms with Crippen molar-refractivity contribution in [1.82, 2.24) is 14.9 Å². The minimum absolute atomic E-state index is 0.260. The molecule has 0 atom stereocenters. The average molecular weight is 263 g/mol. The Balaban J connectivity index is 2.29. The van der Waals surface area contributed by atoms with Crippen molar-refractivity contribution >= 4 is 17.4 Å². The van der Waals surface area contributed by atoms with Gasteiger partial charge in [0.25, 0.3) is 5.91 Å².